The SMILES string of the molecule is CCOCC(CCCCOC(=O)CC(CCCCNC(=O)C(N)CSSc1ccccn1)C(=O)O)CCCOC(=O)NC(CCCCNC(=O)C(N)CSSc1ccccn1)C(=O)O. The lowest BCUT2D eigenvalue weighted by Gasteiger charge is -2.18. The second-order valence-electron chi connectivity index (χ2n) is 14.7. The number of esters is 1. The van der Waals surface area contributed by atoms with E-state index in [1.807, 2.05) is 43.3 Å². The largest absolute Gasteiger partial charge is 0.481 e. The number of aliphatic carboxylic acids is 2. The second kappa shape index (κ2) is 35.5. The Kier molecular flexibility index (Phi) is 31.2. The Balaban J connectivity index is 1.55. The predicted octanol–water partition coefficient (Wildman–Crippen LogP) is 5.30. The molecule has 0 bridgehead atoms. The van der Waals surface area contributed by atoms with E-state index < -0.39 is 48.0 Å². The lowest BCUT2D eigenvalue weighted by atomic mass is 9.97. The van der Waals surface area contributed by atoms with Crippen molar-refractivity contribution in [3.8, 4) is 0 Å². The molecule has 64 heavy (non-hydrogen) atoms. The molecule has 2 aromatic heterocycles. The van der Waals surface area contributed by atoms with Gasteiger partial charge >= 0.3 is 24.0 Å². The lowest BCUT2D eigenvalue weighted by molar-refractivity contribution is -0.151. The zero-order valence-corrected chi connectivity index (χ0v) is 39.7. The summed E-state index contributed by atoms with van der Waals surface area (Å²) in [4.78, 5) is 81.5. The van der Waals surface area contributed by atoms with Gasteiger partial charge in [0.1, 0.15) is 16.1 Å². The topological polar surface area (TPSA) is 284 Å². The van der Waals surface area contributed by atoms with Crippen LogP contribution in [0.2, 0.25) is 0 Å². The van der Waals surface area contributed by atoms with Gasteiger partial charge in [-0.1, -0.05) is 40.1 Å². The van der Waals surface area contributed by atoms with Crippen LogP contribution in [0.15, 0.2) is 58.8 Å². The molecule has 0 aliphatic rings. The van der Waals surface area contributed by atoms with E-state index in [-0.39, 0.29) is 50.2 Å². The number of amides is 3. The fourth-order valence-corrected chi connectivity index (χ4v) is 9.88. The Hall–Kier alpha value is -3.80. The van der Waals surface area contributed by atoms with Gasteiger partial charge in [0.25, 0.3) is 0 Å². The summed E-state index contributed by atoms with van der Waals surface area (Å²) in [6.45, 7) is 3.84. The molecule has 18 nitrogen and oxygen atoms in total. The first-order valence-corrected chi connectivity index (χ1v) is 26.1. The van der Waals surface area contributed by atoms with Gasteiger partial charge in [0.05, 0.1) is 37.6 Å². The minimum absolute atomic E-state index is 0.0866. The molecule has 0 aliphatic heterocycles. The lowest BCUT2D eigenvalue weighted by Crippen LogP contribution is -2.43. The van der Waals surface area contributed by atoms with Crippen LogP contribution in [0.25, 0.3) is 0 Å². The van der Waals surface area contributed by atoms with Gasteiger partial charge in [-0.25, -0.2) is 19.6 Å². The molecule has 2 aromatic rings. The van der Waals surface area contributed by atoms with Gasteiger partial charge < -0.3 is 51.8 Å². The van der Waals surface area contributed by atoms with Crippen LogP contribution in [0.5, 0.6) is 0 Å². The molecule has 0 aromatic carbocycles. The number of nitrogens with zero attached hydrogens (tertiary/aromatic N) is 2. The smallest absolute Gasteiger partial charge is 0.407 e. The average molecular weight is 972 g/mol. The van der Waals surface area contributed by atoms with Gasteiger partial charge in [-0.3, -0.25) is 19.2 Å². The van der Waals surface area contributed by atoms with Crippen molar-refractivity contribution in [1.82, 2.24) is 25.9 Å². The molecular formula is C42H65N7O11S4. The molecule has 9 N–H and O–H groups in total. The number of ether oxygens (including phenoxy) is 3. The maximum atomic E-state index is 12.5. The number of pyridine rings is 2. The number of nitrogens with one attached hydrogen (secondary N) is 3. The number of hydrogen-bond donors (Lipinski definition) is 7. The van der Waals surface area contributed by atoms with Crippen LogP contribution < -0.4 is 27.4 Å². The fourth-order valence-electron chi connectivity index (χ4n) is 5.82. The van der Waals surface area contributed by atoms with Gasteiger partial charge in [-0.15, -0.1) is 0 Å². The van der Waals surface area contributed by atoms with Crippen LogP contribution in [-0.4, -0.2) is 125 Å². The summed E-state index contributed by atoms with van der Waals surface area (Å²) in [7, 11) is 5.74. The normalized spacial score (nSPS) is 13.4. The number of aromatic nitrogens is 2. The van der Waals surface area contributed by atoms with Crippen molar-refractivity contribution in [2.75, 3.05) is 51.0 Å². The summed E-state index contributed by atoms with van der Waals surface area (Å²) in [6.07, 6.45) is 8.00. The number of carbonyl (C=O) groups is 6. The first-order chi connectivity index (χ1) is 30.9. The van der Waals surface area contributed by atoms with E-state index >= 15 is 0 Å². The number of carbonyl (C=O) groups excluding carboxylic acids is 4. The van der Waals surface area contributed by atoms with Gasteiger partial charge in [0.15, 0.2) is 0 Å². The van der Waals surface area contributed by atoms with E-state index in [0.717, 1.165) is 22.9 Å². The summed E-state index contributed by atoms with van der Waals surface area (Å²) >= 11 is 0. The highest BCUT2D eigenvalue weighted by molar-refractivity contribution is 8.77. The zero-order valence-electron chi connectivity index (χ0n) is 36.4. The molecule has 0 saturated carbocycles. The molecule has 5 unspecified atom stereocenters. The molecule has 2 heterocycles. The maximum Gasteiger partial charge on any atom is 0.407 e. The van der Waals surface area contributed by atoms with E-state index in [9.17, 15) is 39.0 Å². The third-order valence-corrected chi connectivity index (χ3v) is 14.0. The highest BCUT2D eigenvalue weighted by Crippen LogP contribution is 2.30. The molecule has 3 amide bonds. The van der Waals surface area contributed by atoms with Crippen molar-refractivity contribution in [2.45, 2.75) is 112 Å². The number of carboxylic acids is 2. The highest BCUT2D eigenvalue weighted by Gasteiger charge is 2.23. The van der Waals surface area contributed by atoms with Gasteiger partial charge in [0, 0.05) is 50.2 Å². The third kappa shape index (κ3) is 27.5. The van der Waals surface area contributed by atoms with E-state index in [1.54, 1.807) is 12.4 Å². The van der Waals surface area contributed by atoms with Crippen LogP contribution >= 0.6 is 43.2 Å². The first kappa shape index (κ1) is 56.3. The van der Waals surface area contributed by atoms with Crippen LogP contribution in [0.1, 0.15) is 84.0 Å². The number of rotatable bonds is 37. The minimum atomic E-state index is -1.19. The van der Waals surface area contributed by atoms with E-state index in [2.05, 4.69) is 25.9 Å². The second-order valence-corrected chi connectivity index (χ2v) is 19.4. The molecule has 0 radical (unpaired) electrons. The average Bonchev–Trinajstić information content (AvgIpc) is 3.28. The summed E-state index contributed by atoms with van der Waals surface area (Å²) in [6, 6.07) is 8.60. The Bertz CT molecular complexity index is 1640. The Labute approximate surface area is 391 Å². The maximum absolute atomic E-state index is 12.5. The van der Waals surface area contributed by atoms with Crippen molar-refractivity contribution in [3.05, 3.63) is 48.8 Å². The molecule has 0 saturated heterocycles. The number of hydrogen-bond acceptors (Lipinski definition) is 17. The van der Waals surface area contributed by atoms with Gasteiger partial charge in [0.2, 0.25) is 11.8 Å². The summed E-state index contributed by atoms with van der Waals surface area (Å²) in [5, 5.41) is 28.9. The van der Waals surface area contributed by atoms with Crippen LogP contribution in [0, 0.1) is 11.8 Å². The van der Waals surface area contributed by atoms with Crippen molar-refractivity contribution >= 4 is 79.0 Å². The Morgan fingerprint density at radius 2 is 1.23 bits per heavy atom. The quantitative estimate of drug-likeness (QED) is 0.0257. The van der Waals surface area contributed by atoms with E-state index in [0.29, 0.717) is 82.8 Å². The molecular weight excluding hydrogens is 907 g/mol. The molecule has 22 heteroatoms. The van der Waals surface area contributed by atoms with Gasteiger partial charge in [-0.2, -0.15) is 0 Å². The zero-order chi connectivity index (χ0) is 46.8. The minimum Gasteiger partial charge on any atom is -0.481 e. The van der Waals surface area contributed by atoms with Crippen LogP contribution in [0.4, 0.5) is 4.79 Å². The summed E-state index contributed by atoms with van der Waals surface area (Å²) in [5.41, 5.74) is 12.0. The third-order valence-electron chi connectivity index (χ3n) is 9.40. The van der Waals surface area contributed by atoms with Crippen molar-refractivity contribution in [2.24, 2.45) is 23.3 Å². The number of carboxylic acid groups (broad SMARTS) is 2. The Morgan fingerprint density at radius 1 is 0.688 bits per heavy atom. The van der Waals surface area contributed by atoms with Crippen molar-refractivity contribution < 1.29 is 53.2 Å². The molecule has 0 aliphatic carbocycles. The molecule has 5 atom stereocenters. The fraction of sp³-hybridized carbons (Fsp3) is 0.619. The monoisotopic (exact) mass is 971 g/mol. The number of nitrogens with two attached hydrogens (primary N) is 2. The van der Waals surface area contributed by atoms with Crippen molar-refractivity contribution in [3.63, 3.8) is 0 Å². The van der Waals surface area contributed by atoms with Crippen molar-refractivity contribution in [1.29, 1.82) is 0 Å². The molecule has 358 valence electrons. The van der Waals surface area contributed by atoms with E-state index in [4.69, 9.17) is 25.7 Å². The molecule has 2 rings (SSSR count). The highest BCUT2D eigenvalue weighted by atomic mass is 33.1. The Morgan fingerprint density at radius 3 is 1.77 bits per heavy atom. The van der Waals surface area contributed by atoms with E-state index in [1.165, 1.54) is 43.2 Å². The predicted molar refractivity (Wildman–Crippen MR) is 250 cm³/mol. The standard InChI is InChI=1S/C42H65N7O11S4/c1-2-58-27-30(15-13-25-60-42(57)49-34(41(55)56)17-4-9-23-48-39(52)33(44)29-62-64-36-19-6-11-21-46-36)14-7-12-24-59-37(50)26-31(40(53)54)16-3-8-22-47-38(51)32(43)28-61-63-35-18-5-10-20-45-35/h5-6,10-11,18-21,30-34H,2-4,7-9,12-17,22-29,43-44H2,1H3,(H,47,51)(H,48,52)(H,49,57)(H,53,54)(H,55,56). The first-order valence-electron chi connectivity index (χ1n) is 21.5. The summed E-state index contributed by atoms with van der Waals surface area (Å²) in [5.74, 6) is -3.37. The summed E-state index contributed by atoms with van der Waals surface area (Å²) < 4.78 is 16.2. The number of alkyl carbamates (subject to hydrolysis) is 1. The van der Waals surface area contributed by atoms with Crippen LogP contribution in [0.3, 0.4) is 0 Å². The van der Waals surface area contributed by atoms with Gasteiger partial charge in [-0.05, 0) is 123 Å². The molecule has 0 fully saturated rings. The molecule has 0 spiro atoms. The van der Waals surface area contributed by atoms with Crippen LogP contribution in [-0.2, 0) is 38.2 Å². The number of unbranched alkanes of at least 4 members (excludes halogenated alkanes) is 3.